The van der Waals surface area contributed by atoms with Gasteiger partial charge >= 0.3 is 0 Å². The summed E-state index contributed by atoms with van der Waals surface area (Å²) < 4.78 is 0. The van der Waals surface area contributed by atoms with Crippen molar-refractivity contribution in [2.45, 2.75) is 32.6 Å². The normalized spacial score (nSPS) is 24.9. The van der Waals surface area contributed by atoms with Gasteiger partial charge < -0.3 is 4.79 Å². The van der Waals surface area contributed by atoms with E-state index in [4.69, 9.17) is 0 Å². The van der Waals surface area contributed by atoms with E-state index in [2.05, 4.69) is 25.1 Å². The van der Waals surface area contributed by atoms with Crippen LogP contribution in [-0.4, -0.2) is 6.29 Å². The Morgan fingerprint density at radius 3 is 2.69 bits per heavy atom. The van der Waals surface area contributed by atoms with E-state index in [1.54, 1.807) is 0 Å². The molecular weight excluding hydrogens is 196 g/mol. The van der Waals surface area contributed by atoms with E-state index >= 15 is 0 Å². The van der Waals surface area contributed by atoms with Crippen LogP contribution in [0.5, 0.6) is 0 Å². The quantitative estimate of drug-likeness (QED) is 0.555. The molecule has 0 aromatic heterocycles. The third kappa shape index (κ3) is 2.41. The number of allylic oxidation sites excluding steroid dienone is 2. The second-order valence-corrected chi connectivity index (χ2v) is 4.86. The minimum absolute atomic E-state index is 0.246. The first-order valence-corrected chi connectivity index (χ1v) is 5.93. The van der Waals surface area contributed by atoms with Crippen molar-refractivity contribution in [2.24, 2.45) is 5.41 Å². The van der Waals surface area contributed by atoms with Crippen LogP contribution in [0.15, 0.2) is 42.0 Å². The molecule has 0 radical (unpaired) electrons. The van der Waals surface area contributed by atoms with Crippen LogP contribution in [0.3, 0.4) is 0 Å². The number of carbonyl (C=O) groups excluding carboxylic acids is 1. The minimum atomic E-state index is -0.246. The van der Waals surface area contributed by atoms with Gasteiger partial charge in [0, 0.05) is 5.41 Å². The highest BCUT2D eigenvalue weighted by atomic mass is 16.1. The standard InChI is InChI=1S/C15H18O/c1-13-6-5-9-15(10-13,12-16)11-14-7-3-2-4-8-14/h2-4,7-8,10,12H,5-6,9,11H2,1H3. The number of hydrogen-bond acceptors (Lipinski definition) is 1. The van der Waals surface area contributed by atoms with Crippen LogP contribution in [0.2, 0.25) is 0 Å². The van der Waals surface area contributed by atoms with Gasteiger partial charge in [-0.15, -0.1) is 0 Å². The van der Waals surface area contributed by atoms with Crippen LogP contribution in [0.4, 0.5) is 0 Å². The van der Waals surface area contributed by atoms with Crippen molar-refractivity contribution < 1.29 is 4.79 Å². The van der Waals surface area contributed by atoms with Crippen molar-refractivity contribution in [3.63, 3.8) is 0 Å². The summed E-state index contributed by atoms with van der Waals surface area (Å²) in [6.45, 7) is 2.13. The van der Waals surface area contributed by atoms with Gasteiger partial charge in [-0.1, -0.05) is 42.0 Å². The SMILES string of the molecule is CC1=CC(C=O)(Cc2ccccc2)CCC1. The topological polar surface area (TPSA) is 17.1 Å². The highest BCUT2D eigenvalue weighted by Gasteiger charge is 2.29. The maximum absolute atomic E-state index is 11.4. The highest BCUT2D eigenvalue weighted by molar-refractivity contribution is 5.64. The maximum Gasteiger partial charge on any atom is 0.130 e. The molecule has 0 aliphatic heterocycles. The zero-order chi connectivity index (χ0) is 11.4. The predicted octanol–water partition coefficient (Wildman–Crippen LogP) is 3.54. The predicted molar refractivity (Wildman–Crippen MR) is 66.3 cm³/mol. The maximum atomic E-state index is 11.4. The Bertz CT molecular complexity index is 391. The van der Waals surface area contributed by atoms with Crippen molar-refractivity contribution in [2.75, 3.05) is 0 Å². The number of carbonyl (C=O) groups is 1. The van der Waals surface area contributed by atoms with Crippen molar-refractivity contribution in [1.29, 1.82) is 0 Å². The summed E-state index contributed by atoms with van der Waals surface area (Å²) in [5.41, 5.74) is 2.36. The van der Waals surface area contributed by atoms with Crippen LogP contribution in [0.25, 0.3) is 0 Å². The van der Waals surface area contributed by atoms with Crippen LogP contribution in [0, 0.1) is 5.41 Å². The lowest BCUT2D eigenvalue weighted by Gasteiger charge is -2.29. The average molecular weight is 214 g/mol. The fourth-order valence-electron chi connectivity index (χ4n) is 2.58. The molecule has 0 amide bonds. The molecule has 0 fully saturated rings. The minimum Gasteiger partial charge on any atom is -0.302 e. The molecule has 0 saturated carbocycles. The molecule has 1 atom stereocenters. The van der Waals surface area contributed by atoms with Gasteiger partial charge in [0.2, 0.25) is 0 Å². The first-order valence-electron chi connectivity index (χ1n) is 5.93. The van der Waals surface area contributed by atoms with Crippen LogP contribution >= 0.6 is 0 Å². The summed E-state index contributed by atoms with van der Waals surface area (Å²) in [5.74, 6) is 0. The van der Waals surface area contributed by atoms with Crippen LogP contribution in [0.1, 0.15) is 31.7 Å². The van der Waals surface area contributed by atoms with Crippen LogP contribution < -0.4 is 0 Å². The summed E-state index contributed by atoms with van der Waals surface area (Å²) in [5, 5.41) is 0. The van der Waals surface area contributed by atoms with E-state index < -0.39 is 0 Å². The Kier molecular flexibility index (Phi) is 3.23. The van der Waals surface area contributed by atoms with E-state index in [1.807, 2.05) is 18.2 Å². The molecule has 0 N–H and O–H groups in total. The lowest BCUT2D eigenvalue weighted by atomic mass is 9.74. The molecular formula is C15H18O. The average Bonchev–Trinajstić information content (AvgIpc) is 2.30. The van der Waals surface area contributed by atoms with Crippen molar-refractivity contribution >= 4 is 6.29 Å². The van der Waals surface area contributed by atoms with Gasteiger partial charge in [0.05, 0.1) is 0 Å². The summed E-state index contributed by atoms with van der Waals surface area (Å²) in [6.07, 6.45) is 7.43. The highest BCUT2D eigenvalue weighted by Crippen LogP contribution is 2.35. The second kappa shape index (κ2) is 4.65. The molecule has 0 bridgehead atoms. The second-order valence-electron chi connectivity index (χ2n) is 4.86. The Balaban J connectivity index is 2.23. The molecule has 0 saturated heterocycles. The fourth-order valence-corrected chi connectivity index (χ4v) is 2.58. The molecule has 1 aromatic rings. The van der Waals surface area contributed by atoms with Gasteiger partial charge in [0.1, 0.15) is 6.29 Å². The van der Waals surface area contributed by atoms with E-state index in [0.29, 0.717) is 0 Å². The first kappa shape index (κ1) is 11.1. The van der Waals surface area contributed by atoms with E-state index in [1.165, 1.54) is 11.1 Å². The van der Waals surface area contributed by atoms with Gasteiger partial charge in [0.15, 0.2) is 0 Å². The molecule has 2 rings (SSSR count). The van der Waals surface area contributed by atoms with Gasteiger partial charge in [0.25, 0.3) is 0 Å². The molecule has 1 unspecified atom stereocenters. The summed E-state index contributed by atoms with van der Waals surface area (Å²) in [4.78, 5) is 11.4. The Hall–Kier alpha value is -1.37. The zero-order valence-corrected chi connectivity index (χ0v) is 9.78. The molecule has 0 spiro atoms. The lowest BCUT2D eigenvalue weighted by Crippen LogP contribution is -2.26. The Morgan fingerprint density at radius 1 is 1.31 bits per heavy atom. The third-order valence-corrected chi connectivity index (χ3v) is 3.36. The molecule has 1 nitrogen and oxygen atoms in total. The molecule has 1 heteroatoms. The zero-order valence-electron chi connectivity index (χ0n) is 9.78. The molecule has 1 aliphatic carbocycles. The summed E-state index contributed by atoms with van der Waals surface area (Å²) in [6, 6.07) is 10.3. The molecule has 84 valence electrons. The molecule has 0 heterocycles. The van der Waals surface area contributed by atoms with Crippen molar-refractivity contribution in [3.8, 4) is 0 Å². The van der Waals surface area contributed by atoms with Crippen molar-refractivity contribution in [1.82, 2.24) is 0 Å². The Labute approximate surface area is 97.2 Å². The van der Waals surface area contributed by atoms with E-state index in [-0.39, 0.29) is 5.41 Å². The van der Waals surface area contributed by atoms with Gasteiger partial charge in [-0.25, -0.2) is 0 Å². The van der Waals surface area contributed by atoms with Gasteiger partial charge in [-0.3, -0.25) is 0 Å². The number of aldehydes is 1. The smallest absolute Gasteiger partial charge is 0.130 e. The lowest BCUT2D eigenvalue weighted by molar-refractivity contribution is -0.114. The third-order valence-electron chi connectivity index (χ3n) is 3.36. The van der Waals surface area contributed by atoms with Crippen LogP contribution in [-0.2, 0) is 11.2 Å². The molecule has 16 heavy (non-hydrogen) atoms. The summed E-state index contributed by atoms with van der Waals surface area (Å²) >= 11 is 0. The van der Waals surface area contributed by atoms with Gasteiger partial charge in [-0.2, -0.15) is 0 Å². The van der Waals surface area contributed by atoms with Gasteiger partial charge in [-0.05, 0) is 38.2 Å². The summed E-state index contributed by atoms with van der Waals surface area (Å²) in [7, 11) is 0. The number of rotatable bonds is 3. The number of benzene rings is 1. The fraction of sp³-hybridized carbons (Fsp3) is 0.400. The molecule has 1 aromatic carbocycles. The van der Waals surface area contributed by atoms with E-state index in [9.17, 15) is 4.79 Å². The first-order chi connectivity index (χ1) is 7.74. The molecule has 1 aliphatic rings. The van der Waals surface area contributed by atoms with E-state index in [0.717, 1.165) is 32.0 Å². The Morgan fingerprint density at radius 2 is 2.06 bits per heavy atom. The van der Waals surface area contributed by atoms with Crippen molar-refractivity contribution in [3.05, 3.63) is 47.5 Å². The monoisotopic (exact) mass is 214 g/mol. The largest absolute Gasteiger partial charge is 0.302 e. The number of hydrogen-bond donors (Lipinski definition) is 0.